The van der Waals surface area contributed by atoms with Crippen LogP contribution in [-0.2, 0) is 6.54 Å². The van der Waals surface area contributed by atoms with Crippen molar-refractivity contribution < 1.29 is 14.3 Å². The number of nitrogens with zero attached hydrogens (tertiary/aromatic N) is 3. The molecule has 2 heterocycles. The third-order valence-corrected chi connectivity index (χ3v) is 5.29. The highest BCUT2D eigenvalue weighted by Crippen LogP contribution is 2.33. The normalized spacial score (nSPS) is 12.9. The minimum atomic E-state index is -0.223. The highest BCUT2D eigenvalue weighted by atomic mass is 16.5. The number of ether oxygens (including phenoxy) is 2. The molecule has 0 aliphatic carbocycles. The van der Waals surface area contributed by atoms with Gasteiger partial charge in [-0.2, -0.15) is 0 Å². The van der Waals surface area contributed by atoms with E-state index >= 15 is 0 Å². The second-order valence-electron chi connectivity index (χ2n) is 7.44. The number of rotatable bonds is 5. The number of fused-ring (bicyclic) bond motifs is 1. The van der Waals surface area contributed by atoms with Crippen LogP contribution >= 0.6 is 0 Å². The maximum absolute atomic E-state index is 13.1. The minimum Gasteiger partial charge on any atom is -0.497 e. The van der Waals surface area contributed by atoms with Crippen LogP contribution in [0.25, 0.3) is 0 Å². The molecule has 2 amide bonds. The van der Waals surface area contributed by atoms with E-state index in [0.29, 0.717) is 30.3 Å². The van der Waals surface area contributed by atoms with E-state index in [0.717, 1.165) is 18.1 Å². The summed E-state index contributed by atoms with van der Waals surface area (Å²) in [5, 5.41) is 2.95. The average Bonchev–Trinajstić information content (AvgIpc) is 2.80. The number of hydrogen-bond acceptors (Lipinski definition) is 5. The zero-order valence-electron chi connectivity index (χ0n) is 18.0. The number of methoxy groups -OCH3 is 2. The molecule has 1 aliphatic heterocycles. The van der Waals surface area contributed by atoms with Crippen LogP contribution in [0.4, 0.5) is 22.0 Å². The molecule has 7 heteroatoms. The molecule has 0 saturated carbocycles. The number of carbonyl (C=O) groups is 1. The van der Waals surface area contributed by atoms with E-state index in [9.17, 15) is 4.79 Å². The van der Waals surface area contributed by atoms with Gasteiger partial charge in [0.2, 0.25) is 0 Å². The molecule has 0 radical (unpaired) electrons. The maximum Gasteiger partial charge on any atom is 0.326 e. The molecule has 3 aromatic rings. The van der Waals surface area contributed by atoms with Gasteiger partial charge in [-0.15, -0.1) is 0 Å². The van der Waals surface area contributed by atoms with Gasteiger partial charge in [-0.1, -0.05) is 29.8 Å². The van der Waals surface area contributed by atoms with Crippen molar-refractivity contribution in [1.82, 2.24) is 4.98 Å². The Labute approximate surface area is 182 Å². The van der Waals surface area contributed by atoms with E-state index in [1.807, 2.05) is 12.1 Å². The molecular formula is C24H26N4O3. The van der Waals surface area contributed by atoms with E-state index in [1.165, 1.54) is 11.1 Å². The number of pyridine rings is 1. The predicted molar refractivity (Wildman–Crippen MR) is 122 cm³/mol. The molecule has 1 aromatic heterocycles. The SMILES string of the molecule is COc1cc(NC(=O)N2CCN(Cc3ccc(C)cc3)c3ncccc32)cc(OC)c1. The molecule has 4 rings (SSSR count). The summed E-state index contributed by atoms with van der Waals surface area (Å²) in [6, 6.07) is 17.3. The number of hydrogen-bond donors (Lipinski definition) is 1. The van der Waals surface area contributed by atoms with Crippen LogP contribution in [0.5, 0.6) is 11.5 Å². The van der Waals surface area contributed by atoms with Crippen molar-refractivity contribution in [2.24, 2.45) is 0 Å². The molecule has 0 unspecified atom stereocenters. The van der Waals surface area contributed by atoms with E-state index < -0.39 is 0 Å². The van der Waals surface area contributed by atoms with Crippen LogP contribution in [0.1, 0.15) is 11.1 Å². The highest BCUT2D eigenvalue weighted by molar-refractivity contribution is 6.04. The monoisotopic (exact) mass is 418 g/mol. The van der Waals surface area contributed by atoms with Crippen LogP contribution in [0, 0.1) is 6.92 Å². The molecule has 2 aromatic carbocycles. The first-order valence-electron chi connectivity index (χ1n) is 10.1. The molecule has 160 valence electrons. The molecule has 0 saturated heterocycles. The van der Waals surface area contributed by atoms with Crippen molar-refractivity contribution in [3.63, 3.8) is 0 Å². The molecule has 1 aliphatic rings. The fourth-order valence-corrected chi connectivity index (χ4v) is 3.64. The summed E-state index contributed by atoms with van der Waals surface area (Å²) in [7, 11) is 3.16. The van der Waals surface area contributed by atoms with Crippen molar-refractivity contribution in [2.45, 2.75) is 13.5 Å². The molecular weight excluding hydrogens is 392 g/mol. The summed E-state index contributed by atoms with van der Waals surface area (Å²) in [4.78, 5) is 21.6. The quantitative estimate of drug-likeness (QED) is 0.662. The molecule has 0 bridgehead atoms. The summed E-state index contributed by atoms with van der Waals surface area (Å²) >= 11 is 0. The smallest absolute Gasteiger partial charge is 0.326 e. The van der Waals surface area contributed by atoms with Crippen LogP contribution in [-0.4, -0.2) is 38.3 Å². The second kappa shape index (κ2) is 8.95. The van der Waals surface area contributed by atoms with Gasteiger partial charge in [0.15, 0.2) is 5.82 Å². The molecule has 0 fully saturated rings. The number of benzene rings is 2. The Balaban J connectivity index is 1.55. The standard InChI is InChI=1S/C24H26N4O3/c1-17-6-8-18(9-7-17)16-27-11-12-28(22-5-4-10-25-23(22)27)24(29)26-19-13-20(30-2)15-21(14-19)31-3/h4-10,13-15H,11-12,16H2,1-3H3,(H,26,29). The summed E-state index contributed by atoms with van der Waals surface area (Å²) in [6.45, 7) is 4.06. The van der Waals surface area contributed by atoms with Crippen molar-refractivity contribution in [3.05, 3.63) is 71.9 Å². The van der Waals surface area contributed by atoms with Crippen molar-refractivity contribution in [1.29, 1.82) is 0 Å². The van der Waals surface area contributed by atoms with Crippen LogP contribution in [0.2, 0.25) is 0 Å². The number of aryl methyl sites for hydroxylation is 1. The third kappa shape index (κ3) is 4.55. The fraction of sp³-hybridized carbons (Fsp3) is 0.250. The number of aromatic nitrogens is 1. The Morgan fingerprint density at radius 1 is 1.03 bits per heavy atom. The zero-order valence-corrected chi connectivity index (χ0v) is 18.0. The zero-order chi connectivity index (χ0) is 21.8. The van der Waals surface area contributed by atoms with E-state index in [1.54, 1.807) is 43.5 Å². The highest BCUT2D eigenvalue weighted by Gasteiger charge is 2.28. The lowest BCUT2D eigenvalue weighted by Gasteiger charge is -2.36. The predicted octanol–water partition coefficient (Wildman–Crippen LogP) is 4.47. The maximum atomic E-state index is 13.1. The number of amides is 2. The van der Waals surface area contributed by atoms with Gasteiger partial charge in [-0.3, -0.25) is 4.90 Å². The largest absolute Gasteiger partial charge is 0.497 e. The number of anilines is 3. The number of urea groups is 1. The molecule has 31 heavy (non-hydrogen) atoms. The van der Waals surface area contributed by atoms with E-state index in [4.69, 9.17) is 9.47 Å². The van der Waals surface area contributed by atoms with Crippen LogP contribution < -0.4 is 24.6 Å². The Bertz CT molecular complexity index is 1050. The summed E-state index contributed by atoms with van der Waals surface area (Å²) in [6.07, 6.45) is 1.76. The van der Waals surface area contributed by atoms with Crippen LogP contribution in [0.15, 0.2) is 60.8 Å². The number of nitrogens with one attached hydrogen (secondary N) is 1. The first kappa shape index (κ1) is 20.5. The van der Waals surface area contributed by atoms with Gasteiger partial charge in [-0.25, -0.2) is 9.78 Å². The Hall–Kier alpha value is -3.74. The van der Waals surface area contributed by atoms with Gasteiger partial charge in [0.05, 0.1) is 19.9 Å². The van der Waals surface area contributed by atoms with Gasteiger partial charge in [0.1, 0.15) is 11.5 Å². The lowest BCUT2D eigenvalue weighted by Crippen LogP contribution is -2.46. The summed E-state index contributed by atoms with van der Waals surface area (Å²) < 4.78 is 10.6. The third-order valence-electron chi connectivity index (χ3n) is 5.29. The lowest BCUT2D eigenvalue weighted by atomic mass is 10.1. The lowest BCUT2D eigenvalue weighted by molar-refractivity contribution is 0.256. The van der Waals surface area contributed by atoms with Gasteiger partial charge in [0, 0.05) is 49.7 Å². The first-order valence-corrected chi connectivity index (χ1v) is 10.1. The number of carbonyl (C=O) groups excluding carboxylic acids is 1. The van der Waals surface area contributed by atoms with E-state index in [-0.39, 0.29) is 6.03 Å². The first-order chi connectivity index (χ1) is 15.1. The van der Waals surface area contributed by atoms with E-state index in [2.05, 4.69) is 46.4 Å². The average molecular weight is 418 g/mol. The van der Waals surface area contributed by atoms with Crippen LogP contribution in [0.3, 0.4) is 0 Å². The van der Waals surface area contributed by atoms with Gasteiger partial charge in [-0.05, 0) is 24.6 Å². The van der Waals surface area contributed by atoms with Crippen molar-refractivity contribution in [3.8, 4) is 11.5 Å². The van der Waals surface area contributed by atoms with Crippen molar-refractivity contribution in [2.75, 3.05) is 42.4 Å². The Morgan fingerprint density at radius 3 is 2.42 bits per heavy atom. The Kier molecular flexibility index (Phi) is 5.93. The molecule has 0 atom stereocenters. The van der Waals surface area contributed by atoms with Gasteiger partial charge >= 0.3 is 6.03 Å². The summed E-state index contributed by atoms with van der Waals surface area (Å²) in [5.41, 5.74) is 3.84. The minimum absolute atomic E-state index is 0.223. The fourth-order valence-electron chi connectivity index (χ4n) is 3.64. The molecule has 0 spiro atoms. The van der Waals surface area contributed by atoms with Gasteiger partial charge in [0.25, 0.3) is 0 Å². The molecule has 7 nitrogen and oxygen atoms in total. The van der Waals surface area contributed by atoms with Crippen molar-refractivity contribution >= 4 is 23.2 Å². The second-order valence-corrected chi connectivity index (χ2v) is 7.44. The molecule has 1 N–H and O–H groups in total. The summed E-state index contributed by atoms with van der Waals surface area (Å²) in [5.74, 6) is 2.02. The Morgan fingerprint density at radius 2 is 1.74 bits per heavy atom. The topological polar surface area (TPSA) is 66.9 Å². The van der Waals surface area contributed by atoms with Gasteiger partial charge < -0.3 is 19.7 Å².